The van der Waals surface area contributed by atoms with Gasteiger partial charge < -0.3 is 14.8 Å². The third-order valence-electron chi connectivity index (χ3n) is 6.83. The fourth-order valence-electron chi connectivity index (χ4n) is 4.96. The smallest absolute Gasteiger partial charge is 0.316 e. The Morgan fingerprint density at radius 2 is 1.59 bits per heavy atom. The molecule has 2 aliphatic rings. The Balaban J connectivity index is 1.34. The zero-order valence-electron chi connectivity index (χ0n) is 19.9. The van der Waals surface area contributed by atoms with Crippen LogP contribution in [0.1, 0.15) is 30.1 Å². The van der Waals surface area contributed by atoms with Crippen LogP contribution in [0.5, 0.6) is 0 Å². The second-order valence-electron chi connectivity index (χ2n) is 9.29. The van der Waals surface area contributed by atoms with Gasteiger partial charge in [0.1, 0.15) is 12.6 Å². The number of fused-ring (bicyclic) bond motifs is 3. The third kappa shape index (κ3) is 4.47. The molecular weight excluding hydrogens is 507 g/mol. The van der Waals surface area contributed by atoms with Crippen LogP contribution in [0.4, 0.5) is 16.2 Å². The summed E-state index contributed by atoms with van der Waals surface area (Å²) >= 11 is 12.2. The molecule has 8 heteroatoms. The second-order valence-corrected chi connectivity index (χ2v) is 10.1. The number of hydrogen-bond donors (Lipinski definition) is 1. The van der Waals surface area contributed by atoms with E-state index in [1.165, 1.54) is 0 Å². The lowest BCUT2D eigenvalue weighted by Gasteiger charge is -2.39. The summed E-state index contributed by atoms with van der Waals surface area (Å²) in [6, 6.07) is 26.2. The van der Waals surface area contributed by atoms with Gasteiger partial charge in [0.15, 0.2) is 0 Å². The zero-order valence-corrected chi connectivity index (χ0v) is 21.4. The first kappa shape index (κ1) is 23.6. The van der Waals surface area contributed by atoms with E-state index in [4.69, 9.17) is 23.2 Å². The molecule has 0 bridgehead atoms. The second kappa shape index (κ2) is 9.61. The van der Waals surface area contributed by atoms with Crippen molar-refractivity contribution in [2.24, 2.45) is 0 Å². The molecule has 1 fully saturated rings. The average Bonchev–Trinajstić information content (AvgIpc) is 3.64. The van der Waals surface area contributed by atoms with Crippen molar-refractivity contribution >= 4 is 46.5 Å². The van der Waals surface area contributed by atoms with Crippen LogP contribution in [-0.4, -0.2) is 34.0 Å². The lowest BCUT2D eigenvalue weighted by atomic mass is 9.97. The number of carbonyl (C=O) groups excluding carboxylic acids is 2. The molecule has 3 amide bonds. The fraction of sp³-hybridized carbons (Fsp3) is 0.172. The zero-order chi connectivity index (χ0) is 25.5. The molecule has 186 valence electrons. The molecule has 2 heterocycles. The van der Waals surface area contributed by atoms with Gasteiger partial charge in [0.05, 0.1) is 27.1 Å². The van der Waals surface area contributed by atoms with Crippen LogP contribution in [0.25, 0.3) is 5.69 Å². The van der Waals surface area contributed by atoms with Crippen molar-refractivity contribution < 1.29 is 9.59 Å². The molecule has 1 aliphatic heterocycles. The molecule has 1 unspecified atom stereocenters. The molecule has 6 rings (SSSR count). The summed E-state index contributed by atoms with van der Waals surface area (Å²) in [5, 5.41) is 3.65. The van der Waals surface area contributed by atoms with Crippen LogP contribution in [0, 0.1) is 0 Å². The maximum atomic E-state index is 14.1. The molecule has 0 saturated heterocycles. The predicted octanol–water partition coefficient (Wildman–Crippen LogP) is 6.92. The summed E-state index contributed by atoms with van der Waals surface area (Å²) in [5.41, 5.74) is 4.27. The summed E-state index contributed by atoms with van der Waals surface area (Å²) < 4.78 is 2.13. The van der Waals surface area contributed by atoms with Crippen molar-refractivity contribution in [1.82, 2.24) is 9.47 Å². The van der Waals surface area contributed by atoms with Crippen LogP contribution < -0.4 is 10.2 Å². The average molecular weight is 531 g/mol. The number of nitrogens with one attached hydrogen (secondary N) is 1. The van der Waals surface area contributed by atoms with E-state index in [1.54, 1.807) is 23.1 Å². The van der Waals surface area contributed by atoms with E-state index >= 15 is 0 Å². The van der Waals surface area contributed by atoms with Gasteiger partial charge in [0.25, 0.3) is 0 Å². The summed E-state index contributed by atoms with van der Waals surface area (Å²) in [5.74, 6) is -0.148. The van der Waals surface area contributed by atoms with Gasteiger partial charge in [-0.05, 0) is 60.9 Å². The third-order valence-corrected chi connectivity index (χ3v) is 7.57. The molecule has 1 N–H and O–H groups in total. The summed E-state index contributed by atoms with van der Waals surface area (Å²) in [6.45, 7) is -0.0454. The van der Waals surface area contributed by atoms with Crippen molar-refractivity contribution in [1.29, 1.82) is 0 Å². The van der Waals surface area contributed by atoms with Crippen molar-refractivity contribution in [3.63, 3.8) is 0 Å². The van der Waals surface area contributed by atoms with Gasteiger partial charge >= 0.3 is 6.03 Å². The fourth-order valence-corrected chi connectivity index (χ4v) is 5.25. The van der Waals surface area contributed by atoms with Crippen LogP contribution in [0.15, 0.2) is 91.1 Å². The van der Waals surface area contributed by atoms with Crippen molar-refractivity contribution in [2.45, 2.75) is 24.9 Å². The highest BCUT2D eigenvalue weighted by atomic mass is 35.5. The number of para-hydroxylation sites is 2. The van der Waals surface area contributed by atoms with E-state index in [1.807, 2.05) is 77.8 Å². The van der Waals surface area contributed by atoms with E-state index in [9.17, 15) is 9.59 Å². The number of benzene rings is 3. The van der Waals surface area contributed by atoms with Crippen LogP contribution in [-0.2, 0) is 4.79 Å². The lowest BCUT2D eigenvalue weighted by Crippen LogP contribution is -2.48. The number of nitrogens with zero attached hydrogens (tertiary/aromatic N) is 3. The molecule has 0 radical (unpaired) electrons. The Hall–Kier alpha value is -3.74. The Morgan fingerprint density at radius 3 is 2.32 bits per heavy atom. The molecule has 4 aromatic rings. The standard InChI is InChI=1S/C29H24Cl2N4O2/c30-22-15-12-20(17-23(22)31)32-29(37)34(21-13-14-21)18-27(36)35-25-10-5-4-9-24(25)33-16-6-11-26(33)28(35)19-7-2-1-3-8-19/h1-12,15-17,21,28H,13-14,18H2,(H,32,37). The van der Waals surface area contributed by atoms with Crippen molar-refractivity contribution in [3.05, 3.63) is 112 Å². The van der Waals surface area contributed by atoms with E-state index in [0.29, 0.717) is 15.7 Å². The maximum Gasteiger partial charge on any atom is 0.322 e. The van der Waals surface area contributed by atoms with E-state index < -0.39 is 0 Å². The van der Waals surface area contributed by atoms with E-state index in [0.717, 1.165) is 35.5 Å². The molecule has 1 saturated carbocycles. The Bertz CT molecular complexity index is 1480. The van der Waals surface area contributed by atoms with E-state index in [-0.39, 0.29) is 30.6 Å². The monoisotopic (exact) mass is 530 g/mol. The number of aromatic nitrogens is 1. The molecule has 3 aromatic carbocycles. The number of anilines is 2. The van der Waals surface area contributed by atoms with Gasteiger partial charge in [-0.3, -0.25) is 9.69 Å². The lowest BCUT2D eigenvalue weighted by molar-refractivity contribution is -0.119. The van der Waals surface area contributed by atoms with Gasteiger partial charge in [0.2, 0.25) is 5.91 Å². The summed E-state index contributed by atoms with van der Waals surface area (Å²) in [6.07, 6.45) is 3.75. The molecule has 0 spiro atoms. The quantitative estimate of drug-likeness (QED) is 0.304. The molecular formula is C29H24Cl2N4O2. The number of urea groups is 1. The van der Waals surface area contributed by atoms with Gasteiger partial charge in [0, 0.05) is 17.9 Å². The normalized spacial score (nSPS) is 16.1. The number of rotatable bonds is 5. The summed E-state index contributed by atoms with van der Waals surface area (Å²) in [7, 11) is 0. The first-order chi connectivity index (χ1) is 18.0. The highest BCUT2D eigenvalue weighted by Gasteiger charge is 2.40. The Labute approximate surface area is 225 Å². The Kier molecular flexibility index (Phi) is 6.14. The molecule has 1 atom stereocenters. The SMILES string of the molecule is O=C(Nc1ccc(Cl)c(Cl)c1)N(CC(=O)N1c2ccccc2-n2cccc2C1c1ccccc1)C1CC1. The number of halogens is 2. The molecule has 1 aromatic heterocycles. The molecule has 37 heavy (non-hydrogen) atoms. The van der Waals surface area contributed by atoms with Crippen LogP contribution >= 0.6 is 23.2 Å². The highest BCUT2D eigenvalue weighted by molar-refractivity contribution is 6.42. The van der Waals surface area contributed by atoms with E-state index in [2.05, 4.69) is 9.88 Å². The van der Waals surface area contributed by atoms with Gasteiger partial charge in [-0.15, -0.1) is 0 Å². The maximum absolute atomic E-state index is 14.1. The molecule has 6 nitrogen and oxygen atoms in total. The van der Waals surface area contributed by atoms with Crippen LogP contribution in [0.2, 0.25) is 10.0 Å². The predicted molar refractivity (Wildman–Crippen MR) is 147 cm³/mol. The number of hydrogen-bond acceptors (Lipinski definition) is 2. The first-order valence-corrected chi connectivity index (χ1v) is 12.9. The van der Waals surface area contributed by atoms with Crippen LogP contribution in [0.3, 0.4) is 0 Å². The van der Waals surface area contributed by atoms with Crippen molar-refractivity contribution in [2.75, 3.05) is 16.8 Å². The first-order valence-electron chi connectivity index (χ1n) is 12.2. The van der Waals surface area contributed by atoms with Gasteiger partial charge in [-0.1, -0.05) is 65.7 Å². The largest absolute Gasteiger partial charge is 0.322 e. The minimum atomic E-state index is -0.334. The summed E-state index contributed by atoms with van der Waals surface area (Å²) in [4.78, 5) is 30.9. The Morgan fingerprint density at radius 1 is 0.865 bits per heavy atom. The molecule has 1 aliphatic carbocycles. The van der Waals surface area contributed by atoms with Crippen molar-refractivity contribution in [3.8, 4) is 5.69 Å². The highest BCUT2D eigenvalue weighted by Crippen LogP contribution is 2.42. The number of carbonyl (C=O) groups is 2. The minimum absolute atomic E-state index is 0.0193. The van der Waals surface area contributed by atoms with Gasteiger partial charge in [-0.25, -0.2) is 4.79 Å². The van der Waals surface area contributed by atoms with Gasteiger partial charge in [-0.2, -0.15) is 0 Å². The minimum Gasteiger partial charge on any atom is -0.316 e. The number of amides is 3. The topological polar surface area (TPSA) is 57.6 Å².